The third-order valence-electron chi connectivity index (χ3n) is 25.9. The molecule has 0 saturated carbocycles. The number of fused-ring (bicyclic) bond motifs is 4. The van der Waals surface area contributed by atoms with Gasteiger partial charge in [0.15, 0.2) is 5.82 Å². The van der Waals surface area contributed by atoms with Crippen molar-refractivity contribution in [2.45, 2.75) is 240 Å². The molecular formula is C112H119F13N12O9. The van der Waals surface area contributed by atoms with Crippen molar-refractivity contribution in [2.75, 3.05) is 26.2 Å². The summed E-state index contributed by atoms with van der Waals surface area (Å²) in [4.78, 5) is 54.8. The van der Waals surface area contributed by atoms with Crippen molar-refractivity contribution in [3.05, 3.63) is 324 Å². The molecule has 8 unspecified atom stereocenters. The van der Waals surface area contributed by atoms with Crippen LogP contribution in [0.5, 0.6) is 0 Å². The number of rotatable bonds is 29. The van der Waals surface area contributed by atoms with Gasteiger partial charge >= 0.3 is 23.9 Å². The Labute approximate surface area is 839 Å². The lowest BCUT2D eigenvalue weighted by Gasteiger charge is -2.44. The van der Waals surface area contributed by atoms with Crippen LogP contribution >= 0.6 is 0 Å². The van der Waals surface area contributed by atoms with Crippen LogP contribution in [0.3, 0.4) is 0 Å². The Bertz CT molecular complexity index is 6640. The summed E-state index contributed by atoms with van der Waals surface area (Å²) in [5, 5.41) is 52.3. The molecule has 12 aromatic rings. The molecule has 8 atom stereocenters. The average Bonchev–Trinajstić information content (AvgIpc) is 0.832. The standard InChI is InChI=1S/C29H32F3N3O2.C28H29F4N3O2.C28H30F3N3O2.C27H28F3N3O3/c1-5-10-34-16-22(15-33-34)20-7-8-23-21(14-20)11-18(2)35(17-29(3,4)32)28(23)27-24(30)12-19(13-25(27)31)6-9-26(36)37;1-5-34-14-19(13-33-34)20-11-18-8-16(2)35(15-28(3,4)32)27(21(18)12-22(20)29)26-23(30)9-17(10-24(26)31)6-7-25(36)37;1-5-33-15-21(14-32-33)19-7-8-22-20(13-19)10-17(2)34(16-28(3,4)31)27(22)26-23(29)11-18(12-24(26)30)6-9-25(35)36;1-5-22-31-26(36-32-22)17-7-8-19-18(13-17)10-15(2)33(14-27(3,4)30)25(19)24-20(28)11-16(12-21(24)29)6-9-23(34)35/h6-9,12-16,18,28H,5,10-11,17H2,1-4H3,(H,36,37);6-7,9-14,16,27H,5,8,15H2,1-4H3,(H,36,37);6-9,11-15,17,27H,5,10,16H2,1-4H3,(H,35,36);6-9,11-13,15,25H,5,10,14H2,1-4H3,(H,34,35)/b9-6+;7-6+;2*9-6+. The van der Waals surface area contributed by atoms with Crippen molar-refractivity contribution in [1.82, 2.24) is 59.1 Å². The molecular weight excluding hydrogens is 1900 g/mol. The van der Waals surface area contributed by atoms with Gasteiger partial charge in [0.25, 0.3) is 5.89 Å². The predicted octanol–water partition coefficient (Wildman–Crippen LogP) is 24.4. The number of aromatic nitrogens is 8. The van der Waals surface area contributed by atoms with Crippen molar-refractivity contribution in [2.24, 2.45) is 0 Å². The maximum absolute atomic E-state index is 15.5. The van der Waals surface area contributed by atoms with E-state index in [1.165, 1.54) is 61.5 Å². The van der Waals surface area contributed by atoms with Crippen molar-refractivity contribution in [3.63, 3.8) is 0 Å². The van der Waals surface area contributed by atoms with Gasteiger partial charge in [-0.05, 0) is 304 Å². The van der Waals surface area contributed by atoms with Crippen molar-refractivity contribution in [1.29, 1.82) is 0 Å². The van der Waals surface area contributed by atoms with Gasteiger partial charge in [-0.15, -0.1) is 0 Å². The Kier molecular flexibility index (Phi) is 34.2. The predicted molar refractivity (Wildman–Crippen MR) is 533 cm³/mol. The number of aryl methyl sites for hydroxylation is 4. The summed E-state index contributed by atoms with van der Waals surface area (Å²) in [6, 6.07) is 24.1. The van der Waals surface area contributed by atoms with Gasteiger partial charge in [0.2, 0.25) is 0 Å². The van der Waals surface area contributed by atoms with Gasteiger partial charge in [0.05, 0.1) is 42.8 Å². The van der Waals surface area contributed by atoms with Crippen LogP contribution in [0.1, 0.15) is 236 Å². The highest BCUT2D eigenvalue weighted by Crippen LogP contribution is 2.49. The van der Waals surface area contributed by atoms with Crippen LogP contribution < -0.4 is 0 Å². The molecule has 0 bridgehead atoms. The fraction of sp³-hybridized carbons (Fsp3) is 0.366. The highest BCUT2D eigenvalue weighted by molar-refractivity contribution is 5.87. The summed E-state index contributed by atoms with van der Waals surface area (Å²) >= 11 is 0. The van der Waals surface area contributed by atoms with Crippen LogP contribution in [0.2, 0.25) is 0 Å². The van der Waals surface area contributed by atoms with Gasteiger partial charge in [-0.1, -0.05) is 61.5 Å². The van der Waals surface area contributed by atoms with Crippen LogP contribution in [-0.2, 0) is 70.9 Å². The maximum Gasteiger partial charge on any atom is 0.328 e. The van der Waals surface area contributed by atoms with Gasteiger partial charge in [0.1, 0.15) is 75.0 Å². The van der Waals surface area contributed by atoms with Gasteiger partial charge in [0, 0.05) is 169 Å². The molecule has 34 heteroatoms. The minimum Gasteiger partial charge on any atom is -0.478 e. The summed E-state index contributed by atoms with van der Waals surface area (Å²) in [5.41, 5.74) is 4.27. The third-order valence-corrected chi connectivity index (χ3v) is 25.9. The molecule has 4 N–H and O–H groups in total. The molecule has 0 radical (unpaired) electrons. The van der Waals surface area contributed by atoms with E-state index in [1.807, 2.05) is 129 Å². The molecule has 772 valence electrons. The Morgan fingerprint density at radius 1 is 0.363 bits per heavy atom. The number of hydrogen-bond acceptors (Lipinski definition) is 14. The van der Waals surface area contributed by atoms with Crippen LogP contribution in [0.15, 0.2) is 181 Å². The molecule has 0 fully saturated rings. The zero-order valence-electron chi connectivity index (χ0n) is 84.0. The minimum atomic E-state index is -1.69. The van der Waals surface area contributed by atoms with Gasteiger partial charge in [-0.2, -0.15) is 20.3 Å². The zero-order chi connectivity index (χ0) is 106. The number of alkyl halides is 4. The number of benzene rings is 8. The highest BCUT2D eigenvalue weighted by Gasteiger charge is 2.46. The van der Waals surface area contributed by atoms with E-state index in [0.29, 0.717) is 83.7 Å². The van der Waals surface area contributed by atoms with E-state index >= 15 is 39.5 Å². The normalized spacial score (nSPS) is 18.4. The topological polar surface area (TPSA) is 255 Å². The van der Waals surface area contributed by atoms with Crippen LogP contribution in [-0.4, -0.2) is 176 Å². The quantitative estimate of drug-likeness (QED) is 0.0251. The molecule has 146 heavy (non-hydrogen) atoms. The molecule has 0 amide bonds. The molecule has 8 aromatic carbocycles. The first kappa shape index (κ1) is 110. The fourth-order valence-corrected chi connectivity index (χ4v) is 19.7. The monoisotopic (exact) mass is 2020 g/mol. The van der Waals surface area contributed by atoms with Crippen molar-refractivity contribution in [3.8, 4) is 44.8 Å². The first-order chi connectivity index (χ1) is 68.8. The van der Waals surface area contributed by atoms with E-state index in [4.69, 9.17) is 24.9 Å². The Hall–Kier alpha value is -13.7. The zero-order valence-corrected chi connectivity index (χ0v) is 84.0. The number of nitrogens with zero attached hydrogens (tertiary/aromatic N) is 12. The number of halogens is 13. The molecule has 16 rings (SSSR count). The number of carbonyl (C=O) groups is 4. The Balaban J connectivity index is 0.000000163. The molecule has 0 spiro atoms. The largest absolute Gasteiger partial charge is 0.478 e. The van der Waals surface area contributed by atoms with Crippen LogP contribution in [0, 0.1) is 52.4 Å². The lowest BCUT2D eigenvalue weighted by atomic mass is 9.82. The summed E-state index contributed by atoms with van der Waals surface area (Å²) < 4.78 is 210. The number of carboxylic acid groups (broad SMARTS) is 4. The fourth-order valence-electron chi connectivity index (χ4n) is 19.7. The highest BCUT2D eigenvalue weighted by atomic mass is 19.2. The lowest BCUT2D eigenvalue weighted by molar-refractivity contribution is -0.132. The van der Waals surface area contributed by atoms with E-state index in [9.17, 15) is 36.7 Å². The van der Waals surface area contributed by atoms with E-state index in [2.05, 4.69) is 32.4 Å². The third kappa shape index (κ3) is 26.6. The second kappa shape index (κ2) is 45.5. The average molecular weight is 2020 g/mol. The van der Waals surface area contributed by atoms with E-state index in [0.717, 1.165) is 167 Å². The Morgan fingerprint density at radius 2 is 0.644 bits per heavy atom. The number of aliphatic carboxylic acids is 4. The summed E-state index contributed by atoms with van der Waals surface area (Å²) in [7, 11) is 0. The smallest absolute Gasteiger partial charge is 0.328 e. The first-order valence-electron chi connectivity index (χ1n) is 48.3. The molecule has 4 aliphatic rings. The summed E-state index contributed by atoms with van der Waals surface area (Å²) in [6.45, 7) is 29.0. The van der Waals surface area contributed by atoms with Gasteiger partial charge in [-0.25, -0.2) is 76.3 Å². The molecule has 21 nitrogen and oxygen atoms in total. The number of hydrogen-bond donors (Lipinski definition) is 4. The van der Waals surface area contributed by atoms with Crippen LogP contribution in [0.25, 0.3) is 69.1 Å². The number of carboxylic acids is 4. The molecule has 4 aliphatic heterocycles. The van der Waals surface area contributed by atoms with E-state index in [1.54, 1.807) is 51.3 Å². The van der Waals surface area contributed by atoms with Gasteiger partial charge < -0.3 is 24.9 Å². The maximum atomic E-state index is 15.5. The second-order valence-electron chi connectivity index (χ2n) is 40.0. The Morgan fingerprint density at radius 3 is 0.932 bits per heavy atom. The van der Waals surface area contributed by atoms with Crippen molar-refractivity contribution < 1.29 is 101 Å². The second-order valence-corrected chi connectivity index (χ2v) is 40.0. The molecule has 0 aliphatic carbocycles. The summed E-state index contributed by atoms with van der Waals surface area (Å²) in [6.07, 6.45) is 22.3. The minimum absolute atomic E-state index is 0.0106. The van der Waals surface area contributed by atoms with Gasteiger partial charge in [-0.3, -0.25) is 33.6 Å². The van der Waals surface area contributed by atoms with E-state index < -0.39 is 123 Å². The van der Waals surface area contributed by atoms with Crippen LogP contribution in [0.4, 0.5) is 57.1 Å². The SMILES string of the molecule is CCCn1cc(-c2ccc3c(c2)CC(C)N(CC(C)(C)F)C3c2c(F)cc(/C=C/C(=O)O)cc2F)cn1.CCc1noc(-c2ccc3c(c2)CC(C)N(CC(C)(C)F)C3c2c(F)cc(/C=C/C(=O)O)cc2F)n1.CCn1cc(-c2cc3c(cc2F)C(c2c(F)cc(/C=C/C(=O)O)cc2F)N(CC(C)(C)F)C(C)C3)cn1.CCn1cc(-c2ccc3c(c2)CC(C)N(CC(C)(C)F)C3c2c(F)cc(/C=C/C(=O)O)cc2F)cn1. The van der Waals surface area contributed by atoms with Crippen molar-refractivity contribution >= 4 is 48.2 Å². The van der Waals surface area contributed by atoms with E-state index in [-0.39, 0.29) is 94.9 Å². The molecule has 0 saturated heterocycles. The molecule has 4 aromatic heterocycles. The summed E-state index contributed by atoms with van der Waals surface area (Å²) in [5.74, 6) is -11.3. The molecule has 8 heterocycles. The lowest BCUT2D eigenvalue weighted by Crippen LogP contribution is -2.48. The first-order valence-corrected chi connectivity index (χ1v) is 48.3.